The van der Waals surface area contributed by atoms with Crippen LogP contribution in [0, 0.1) is 5.92 Å². The number of alkyl halides is 1. The van der Waals surface area contributed by atoms with E-state index in [0.29, 0.717) is 0 Å². The van der Waals surface area contributed by atoms with Gasteiger partial charge >= 0.3 is 0 Å². The summed E-state index contributed by atoms with van der Waals surface area (Å²) >= 11 is 0. The minimum atomic E-state index is -1.09. The summed E-state index contributed by atoms with van der Waals surface area (Å²) in [7, 11) is 0.647. The monoisotopic (exact) mass is 362 g/mol. The van der Waals surface area contributed by atoms with Gasteiger partial charge in [0.15, 0.2) is 0 Å². The van der Waals surface area contributed by atoms with Crippen LogP contribution >= 0.6 is 0 Å². The maximum absolute atomic E-state index is 12.4. The van der Waals surface area contributed by atoms with Crippen LogP contribution in [0.1, 0.15) is 62.8 Å². The molecular formula is C22H35FOSi. The first-order valence-electron chi connectivity index (χ1n) is 10.3. The van der Waals surface area contributed by atoms with Gasteiger partial charge in [-0.15, -0.1) is 0 Å². The zero-order valence-electron chi connectivity index (χ0n) is 16.1. The van der Waals surface area contributed by atoms with E-state index in [0.717, 1.165) is 36.0 Å². The van der Waals surface area contributed by atoms with Crippen LogP contribution in [0.25, 0.3) is 0 Å². The largest absolute Gasteiger partial charge is 0.497 e. The fraction of sp³-hybridized carbons (Fsp3) is 0.727. The summed E-state index contributed by atoms with van der Waals surface area (Å²) in [4.78, 5) is 0. The van der Waals surface area contributed by atoms with Crippen LogP contribution in [0.15, 0.2) is 24.3 Å². The standard InChI is InChI=1S/C22H35FOSi/c1-24-21-9-7-19(8-10-21)20-13-16-25(2,17-14-20)22-11-5-18(6-12-22)4-3-15-23/h7-10,18,20,22H,3-6,11-17H2,1-2H3/t18-,20?,22-,25?. The highest BCUT2D eigenvalue weighted by Gasteiger charge is 2.41. The van der Waals surface area contributed by atoms with E-state index in [-0.39, 0.29) is 6.67 Å². The third-order valence-corrected chi connectivity index (χ3v) is 12.7. The molecule has 0 aromatic heterocycles. The minimum absolute atomic E-state index is 0.126. The molecule has 1 heterocycles. The number of benzene rings is 1. The summed E-state index contributed by atoms with van der Waals surface area (Å²) in [6, 6.07) is 11.8. The molecule has 1 saturated carbocycles. The van der Waals surface area contributed by atoms with Crippen LogP contribution in [-0.4, -0.2) is 21.9 Å². The van der Waals surface area contributed by atoms with Crippen LogP contribution in [-0.2, 0) is 0 Å². The van der Waals surface area contributed by atoms with Gasteiger partial charge in [0, 0.05) is 0 Å². The number of rotatable bonds is 6. The quantitative estimate of drug-likeness (QED) is 0.497. The van der Waals surface area contributed by atoms with Crippen molar-refractivity contribution in [2.45, 2.75) is 81.5 Å². The number of ether oxygens (including phenoxy) is 1. The maximum Gasteiger partial charge on any atom is 0.118 e. The maximum atomic E-state index is 12.4. The normalized spacial score (nSPS) is 33.2. The Morgan fingerprint density at radius 2 is 1.64 bits per heavy atom. The summed E-state index contributed by atoms with van der Waals surface area (Å²) in [5.41, 5.74) is 2.54. The van der Waals surface area contributed by atoms with Gasteiger partial charge in [0.2, 0.25) is 0 Å². The van der Waals surface area contributed by atoms with Crippen LogP contribution in [0.5, 0.6) is 5.75 Å². The zero-order valence-corrected chi connectivity index (χ0v) is 17.1. The fourth-order valence-corrected chi connectivity index (χ4v) is 10.2. The second kappa shape index (κ2) is 8.70. The molecule has 2 fully saturated rings. The highest BCUT2D eigenvalue weighted by atomic mass is 28.3. The second-order valence-corrected chi connectivity index (χ2v) is 13.9. The Morgan fingerprint density at radius 1 is 1.00 bits per heavy atom. The summed E-state index contributed by atoms with van der Waals surface area (Å²) in [5.74, 6) is 2.54. The molecule has 140 valence electrons. The van der Waals surface area contributed by atoms with Crippen molar-refractivity contribution in [2.75, 3.05) is 13.8 Å². The van der Waals surface area contributed by atoms with Crippen molar-refractivity contribution in [2.24, 2.45) is 5.92 Å². The van der Waals surface area contributed by atoms with Gasteiger partial charge in [0.05, 0.1) is 21.9 Å². The Morgan fingerprint density at radius 3 is 2.20 bits per heavy atom. The molecule has 0 unspecified atom stereocenters. The van der Waals surface area contributed by atoms with Crippen molar-refractivity contribution in [1.82, 2.24) is 0 Å². The zero-order chi connectivity index (χ0) is 17.7. The lowest BCUT2D eigenvalue weighted by atomic mass is 9.86. The van der Waals surface area contributed by atoms with Crippen molar-refractivity contribution < 1.29 is 9.13 Å². The predicted molar refractivity (Wildman–Crippen MR) is 107 cm³/mol. The van der Waals surface area contributed by atoms with Crippen LogP contribution in [0.3, 0.4) is 0 Å². The molecule has 0 radical (unpaired) electrons. The molecule has 1 saturated heterocycles. The molecule has 2 aliphatic rings. The van der Waals surface area contributed by atoms with Crippen molar-refractivity contribution in [3.63, 3.8) is 0 Å². The minimum Gasteiger partial charge on any atom is -0.497 e. The third-order valence-electron chi connectivity index (χ3n) is 7.29. The summed E-state index contributed by atoms with van der Waals surface area (Å²) in [5, 5.41) is 0. The molecule has 3 rings (SSSR count). The average Bonchev–Trinajstić information content (AvgIpc) is 2.67. The molecule has 1 aliphatic carbocycles. The Hall–Kier alpha value is -0.833. The number of hydrogen-bond donors (Lipinski definition) is 0. The summed E-state index contributed by atoms with van der Waals surface area (Å²) in [6.45, 7) is 2.56. The first-order chi connectivity index (χ1) is 12.1. The Labute approximate surface area is 154 Å². The van der Waals surface area contributed by atoms with Gasteiger partial charge in [-0.3, -0.25) is 4.39 Å². The van der Waals surface area contributed by atoms with E-state index >= 15 is 0 Å². The average molecular weight is 363 g/mol. The van der Waals surface area contributed by atoms with E-state index in [1.54, 1.807) is 7.11 Å². The molecule has 0 atom stereocenters. The molecule has 1 nitrogen and oxygen atoms in total. The van der Waals surface area contributed by atoms with Gasteiger partial charge in [-0.2, -0.15) is 0 Å². The molecule has 1 aliphatic heterocycles. The third kappa shape index (κ3) is 4.67. The lowest BCUT2D eigenvalue weighted by Gasteiger charge is -2.44. The SMILES string of the molecule is COc1ccc(C2CC[Si](C)([C@H]3CC[C@H](CCCF)CC3)CC2)cc1. The summed E-state index contributed by atoms with van der Waals surface area (Å²) < 4.78 is 17.7. The molecule has 0 N–H and O–H groups in total. The van der Waals surface area contributed by atoms with E-state index in [1.807, 2.05) is 0 Å². The topological polar surface area (TPSA) is 9.23 Å². The van der Waals surface area contributed by atoms with E-state index in [4.69, 9.17) is 4.74 Å². The van der Waals surface area contributed by atoms with Gasteiger partial charge in [0.25, 0.3) is 0 Å². The van der Waals surface area contributed by atoms with Crippen LogP contribution < -0.4 is 4.74 Å². The van der Waals surface area contributed by atoms with Gasteiger partial charge in [-0.05, 0) is 60.8 Å². The number of hydrogen-bond acceptors (Lipinski definition) is 1. The van der Waals surface area contributed by atoms with E-state index < -0.39 is 8.07 Å². The van der Waals surface area contributed by atoms with Gasteiger partial charge < -0.3 is 4.74 Å². The number of methoxy groups -OCH3 is 1. The van der Waals surface area contributed by atoms with Crippen molar-refractivity contribution in [1.29, 1.82) is 0 Å². The van der Waals surface area contributed by atoms with E-state index in [9.17, 15) is 4.39 Å². The van der Waals surface area contributed by atoms with Crippen LogP contribution in [0.2, 0.25) is 24.2 Å². The highest BCUT2D eigenvalue weighted by molar-refractivity contribution is 6.80. The van der Waals surface area contributed by atoms with Gasteiger partial charge in [0.1, 0.15) is 5.75 Å². The molecular weight excluding hydrogens is 327 g/mol. The lowest BCUT2D eigenvalue weighted by Crippen LogP contribution is -2.41. The smallest absolute Gasteiger partial charge is 0.118 e. The Kier molecular flexibility index (Phi) is 6.59. The Balaban J connectivity index is 1.50. The molecule has 1 aromatic rings. The van der Waals surface area contributed by atoms with Crippen molar-refractivity contribution >= 4 is 8.07 Å². The molecule has 0 amide bonds. The van der Waals surface area contributed by atoms with E-state index in [1.165, 1.54) is 56.2 Å². The first-order valence-corrected chi connectivity index (χ1v) is 13.3. The molecule has 0 bridgehead atoms. The predicted octanol–water partition coefficient (Wildman–Crippen LogP) is 6.96. The fourth-order valence-electron chi connectivity index (χ4n) is 5.41. The molecule has 1 aromatic carbocycles. The first kappa shape index (κ1) is 18.9. The van der Waals surface area contributed by atoms with Crippen molar-refractivity contribution in [3.05, 3.63) is 29.8 Å². The lowest BCUT2D eigenvalue weighted by molar-refractivity contribution is 0.310. The Bertz CT molecular complexity index is 513. The molecule has 0 spiro atoms. The van der Waals surface area contributed by atoms with Gasteiger partial charge in [-0.1, -0.05) is 56.5 Å². The number of halogens is 1. The van der Waals surface area contributed by atoms with Gasteiger partial charge in [-0.25, -0.2) is 0 Å². The highest BCUT2D eigenvalue weighted by Crippen LogP contribution is 2.49. The summed E-state index contributed by atoms with van der Waals surface area (Å²) in [6.07, 6.45) is 10.3. The molecule has 25 heavy (non-hydrogen) atoms. The van der Waals surface area contributed by atoms with E-state index in [2.05, 4.69) is 30.8 Å². The van der Waals surface area contributed by atoms with Crippen molar-refractivity contribution in [3.8, 4) is 5.75 Å². The second-order valence-electron chi connectivity index (χ2n) is 8.75. The van der Waals surface area contributed by atoms with Crippen LogP contribution in [0.4, 0.5) is 4.39 Å². The molecule has 3 heteroatoms.